The summed E-state index contributed by atoms with van der Waals surface area (Å²) in [6.07, 6.45) is 1.48. The number of nitrogens with zero attached hydrogens (tertiary/aromatic N) is 2. The summed E-state index contributed by atoms with van der Waals surface area (Å²) >= 11 is 0. The highest BCUT2D eigenvalue weighted by molar-refractivity contribution is 6.25. The van der Waals surface area contributed by atoms with Crippen molar-refractivity contribution in [1.29, 1.82) is 0 Å². The van der Waals surface area contributed by atoms with Crippen LogP contribution in [0.4, 0.5) is 5.82 Å². The minimum Gasteiger partial charge on any atom is -0.456 e. The molecule has 152 valence electrons. The number of ether oxygens (including phenoxy) is 1. The van der Waals surface area contributed by atoms with Crippen LogP contribution in [-0.2, 0) is 14.3 Å². The fraction of sp³-hybridized carbons (Fsp3) is 0.190. The van der Waals surface area contributed by atoms with Crippen molar-refractivity contribution in [1.82, 2.24) is 10.1 Å². The Morgan fingerprint density at radius 1 is 1.03 bits per heavy atom. The van der Waals surface area contributed by atoms with Gasteiger partial charge in [-0.05, 0) is 23.9 Å². The van der Waals surface area contributed by atoms with E-state index in [4.69, 9.17) is 4.74 Å². The third-order valence-electron chi connectivity index (χ3n) is 4.69. The monoisotopic (exact) mass is 407 g/mol. The summed E-state index contributed by atoms with van der Waals surface area (Å²) in [5.74, 6) is -1.71. The number of hydrogen-bond donors (Lipinski definition) is 1. The summed E-state index contributed by atoms with van der Waals surface area (Å²) in [7, 11) is 0. The van der Waals surface area contributed by atoms with Crippen LogP contribution in [0.2, 0.25) is 0 Å². The number of nitrogens with one attached hydrogen (secondary N) is 1. The zero-order valence-electron chi connectivity index (χ0n) is 15.8. The number of esters is 1. The maximum atomic E-state index is 12.8. The first kappa shape index (κ1) is 19.3. The van der Waals surface area contributed by atoms with Gasteiger partial charge in [0, 0.05) is 35.5 Å². The van der Waals surface area contributed by atoms with Crippen molar-refractivity contribution in [2.24, 2.45) is 0 Å². The summed E-state index contributed by atoms with van der Waals surface area (Å²) in [6, 6.07) is 12.1. The Hall–Kier alpha value is -4.01. The SMILES string of the molecule is O=C(COC(=O)CCCN1C(=O)c2cccc3cccc(c23)C1=O)Nc1ccon1. The van der Waals surface area contributed by atoms with Gasteiger partial charge >= 0.3 is 5.97 Å². The van der Waals surface area contributed by atoms with E-state index in [0.717, 1.165) is 10.3 Å². The highest BCUT2D eigenvalue weighted by Crippen LogP contribution is 2.30. The molecule has 0 aliphatic carbocycles. The maximum absolute atomic E-state index is 12.8. The number of anilines is 1. The van der Waals surface area contributed by atoms with Crippen LogP contribution >= 0.6 is 0 Å². The standard InChI is InChI=1S/C21H17N3O6/c25-17(22-16-9-11-30-23-16)12-29-18(26)8-3-10-24-20(27)14-6-1-4-13-5-2-7-15(19(13)14)21(24)28/h1-2,4-7,9,11H,3,8,10,12H2,(H,22,23,25). The quantitative estimate of drug-likeness (QED) is 0.472. The van der Waals surface area contributed by atoms with Gasteiger partial charge in [0.2, 0.25) is 0 Å². The fourth-order valence-corrected chi connectivity index (χ4v) is 3.34. The van der Waals surface area contributed by atoms with E-state index in [0.29, 0.717) is 16.5 Å². The Morgan fingerprint density at radius 3 is 2.37 bits per heavy atom. The van der Waals surface area contributed by atoms with Gasteiger partial charge in [-0.2, -0.15) is 0 Å². The van der Waals surface area contributed by atoms with Gasteiger partial charge < -0.3 is 14.6 Å². The number of carbonyl (C=O) groups is 4. The molecule has 2 aromatic carbocycles. The molecule has 0 saturated carbocycles. The van der Waals surface area contributed by atoms with Crippen molar-refractivity contribution >= 4 is 40.3 Å². The summed E-state index contributed by atoms with van der Waals surface area (Å²) in [5, 5.41) is 7.40. The molecule has 3 aromatic rings. The molecule has 0 bridgehead atoms. The van der Waals surface area contributed by atoms with Crippen LogP contribution in [0.1, 0.15) is 33.6 Å². The van der Waals surface area contributed by atoms with Gasteiger partial charge in [0.15, 0.2) is 12.4 Å². The molecule has 4 rings (SSSR count). The average Bonchev–Trinajstić information content (AvgIpc) is 3.25. The highest BCUT2D eigenvalue weighted by atomic mass is 16.5. The number of hydrogen-bond acceptors (Lipinski definition) is 7. The van der Waals surface area contributed by atoms with Gasteiger partial charge in [-0.3, -0.25) is 24.1 Å². The Morgan fingerprint density at radius 2 is 1.73 bits per heavy atom. The number of aromatic nitrogens is 1. The third kappa shape index (κ3) is 3.77. The predicted octanol–water partition coefficient (Wildman–Crippen LogP) is 2.39. The van der Waals surface area contributed by atoms with Crippen LogP contribution in [0.15, 0.2) is 53.3 Å². The second-order valence-electron chi connectivity index (χ2n) is 6.67. The number of benzene rings is 2. The second kappa shape index (κ2) is 8.16. The van der Waals surface area contributed by atoms with E-state index in [1.54, 1.807) is 24.3 Å². The molecule has 1 aromatic heterocycles. The van der Waals surface area contributed by atoms with E-state index >= 15 is 0 Å². The Bertz CT molecular complexity index is 1090. The molecule has 0 radical (unpaired) electrons. The van der Waals surface area contributed by atoms with Crippen molar-refractivity contribution in [3.8, 4) is 0 Å². The molecule has 2 heterocycles. The first-order valence-electron chi connectivity index (χ1n) is 9.28. The van der Waals surface area contributed by atoms with E-state index in [2.05, 4.69) is 15.0 Å². The fourth-order valence-electron chi connectivity index (χ4n) is 3.34. The van der Waals surface area contributed by atoms with Crippen molar-refractivity contribution in [3.05, 3.63) is 59.9 Å². The summed E-state index contributed by atoms with van der Waals surface area (Å²) < 4.78 is 9.48. The van der Waals surface area contributed by atoms with E-state index in [9.17, 15) is 19.2 Å². The second-order valence-corrected chi connectivity index (χ2v) is 6.67. The highest BCUT2D eigenvalue weighted by Gasteiger charge is 2.32. The lowest BCUT2D eigenvalue weighted by atomic mass is 9.94. The molecule has 1 aliphatic heterocycles. The van der Waals surface area contributed by atoms with Crippen LogP contribution < -0.4 is 5.32 Å². The lowest BCUT2D eigenvalue weighted by Gasteiger charge is -2.27. The first-order chi connectivity index (χ1) is 14.5. The summed E-state index contributed by atoms with van der Waals surface area (Å²) in [6.45, 7) is -0.398. The molecule has 0 spiro atoms. The van der Waals surface area contributed by atoms with Crippen LogP contribution in [0, 0.1) is 0 Å². The van der Waals surface area contributed by atoms with Gasteiger partial charge in [0.1, 0.15) is 6.26 Å². The molecule has 1 aliphatic rings. The van der Waals surface area contributed by atoms with Crippen molar-refractivity contribution in [2.75, 3.05) is 18.5 Å². The van der Waals surface area contributed by atoms with Gasteiger partial charge in [-0.25, -0.2) is 0 Å². The van der Waals surface area contributed by atoms with Crippen LogP contribution in [-0.4, -0.2) is 46.9 Å². The largest absolute Gasteiger partial charge is 0.456 e. The molecular formula is C21H17N3O6. The van der Waals surface area contributed by atoms with Crippen LogP contribution in [0.5, 0.6) is 0 Å². The average molecular weight is 407 g/mol. The molecule has 3 amide bonds. The van der Waals surface area contributed by atoms with E-state index in [1.165, 1.54) is 12.3 Å². The van der Waals surface area contributed by atoms with Crippen LogP contribution in [0.25, 0.3) is 10.8 Å². The van der Waals surface area contributed by atoms with E-state index in [1.807, 2.05) is 12.1 Å². The third-order valence-corrected chi connectivity index (χ3v) is 4.69. The molecular weight excluding hydrogens is 390 g/mol. The van der Waals surface area contributed by atoms with Crippen molar-refractivity contribution in [2.45, 2.75) is 12.8 Å². The smallest absolute Gasteiger partial charge is 0.306 e. The minimum absolute atomic E-state index is 0.0415. The van der Waals surface area contributed by atoms with Gasteiger partial charge in [-0.15, -0.1) is 0 Å². The molecule has 9 nitrogen and oxygen atoms in total. The van der Waals surface area contributed by atoms with Crippen LogP contribution in [0.3, 0.4) is 0 Å². The zero-order chi connectivity index (χ0) is 21.1. The molecule has 1 N–H and O–H groups in total. The van der Waals surface area contributed by atoms with E-state index in [-0.39, 0.29) is 37.0 Å². The van der Waals surface area contributed by atoms with Crippen molar-refractivity contribution < 1.29 is 28.4 Å². The summed E-state index contributed by atoms with van der Waals surface area (Å²) in [4.78, 5) is 50.2. The molecule has 0 fully saturated rings. The molecule has 9 heteroatoms. The number of imide groups is 1. The Balaban J connectivity index is 1.31. The molecule has 0 unspecified atom stereocenters. The first-order valence-corrected chi connectivity index (χ1v) is 9.28. The lowest BCUT2D eigenvalue weighted by Crippen LogP contribution is -2.41. The Labute approximate surface area is 170 Å². The zero-order valence-corrected chi connectivity index (χ0v) is 15.8. The molecule has 0 atom stereocenters. The van der Waals surface area contributed by atoms with Gasteiger partial charge in [0.25, 0.3) is 17.7 Å². The van der Waals surface area contributed by atoms with Gasteiger partial charge in [-0.1, -0.05) is 29.4 Å². The number of amides is 3. The number of carbonyl (C=O) groups excluding carboxylic acids is 4. The molecule has 0 saturated heterocycles. The Kier molecular flexibility index (Phi) is 5.25. The number of rotatable bonds is 7. The summed E-state index contributed by atoms with van der Waals surface area (Å²) in [5.41, 5.74) is 0.935. The van der Waals surface area contributed by atoms with E-state index < -0.39 is 18.5 Å². The molecule has 30 heavy (non-hydrogen) atoms. The topological polar surface area (TPSA) is 119 Å². The van der Waals surface area contributed by atoms with Gasteiger partial charge in [0.05, 0.1) is 0 Å². The predicted molar refractivity (Wildman–Crippen MR) is 105 cm³/mol. The maximum Gasteiger partial charge on any atom is 0.306 e. The van der Waals surface area contributed by atoms with Crippen molar-refractivity contribution in [3.63, 3.8) is 0 Å². The lowest BCUT2D eigenvalue weighted by molar-refractivity contribution is -0.147. The minimum atomic E-state index is -0.607. The normalized spacial score (nSPS) is 12.9.